The number of alkyl halides is 3. The van der Waals surface area contributed by atoms with E-state index < -0.39 is 17.4 Å². The molecule has 0 saturated heterocycles. The Balaban J connectivity index is 1.43. The normalized spacial score (nSPS) is 17.5. The average Bonchev–Trinajstić information content (AvgIpc) is 3.47. The third-order valence-electron chi connectivity index (χ3n) is 7.14. The second-order valence-corrected chi connectivity index (χ2v) is 9.02. The molecular formula is C24H21F4N5. The van der Waals surface area contributed by atoms with E-state index in [9.17, 15) is 17.6 Å². The molecule has 1 aliphatic heterocycles. The minimum absolute atomic E-state index is 0.116. The molecule has 4 aromatic rings. The maximum absolute atomic E-state index is 14.8. The standard InChI is InChI=1S/C24H21F4N5/c25-18-7-2-5-17-20(18)33-14-29-31-22(33)30-21(17)32-13-3-6-16-15(4-1-8-19(16)32)9-10-23(11-12-23)24(26,27)28/h1-2,4-5,7-8,14H,3,6,9-13H2. The molecule has 0 bridgehead atoms. The van der Waals surface area contributed by atoms with Gasteiger partial charge >= 0.3 is 6.18 Å². The van der Waals surface area contributed by atoms with Crippen LogP contribution in [0.15, 0.2) is 42.7 Å². The first-order valence-electron chi connectivity index (χ1n) is 11.1. The summed E-state index contributed by atoms with van der Waals surface area (Å²) in [5, 5.41) is 8.54. The highest BCUT2D eigenvalue weighted by molar-refractivity contribution is 5.94. The maximum atomic E-state index is 14.8. The summed E-state index contributed by atoms with van der Waals surface area (Å²) in [5.74, 6) is 0.484. The van der Waals surface area contributed by atoms with Gasteiger partial charge in [-0.15, -0.1) is 10.2 Å². The molecule has 33 heavy (non-hydrogen) atoms. The molecule has 0 spiro atoms. The molecular weight excluding hydrogens is 434 g/mol. The third-order valence-corrected chi connectivity index (χ3v) is 7.14. The first-order chi connectivity index (χ1) is 15.9. The summed E-state index contributed by atoms with van der Waals surface area (Å²) in [4.78, 5) is 6.72. The van der Waals surface area contributed by atoms with E-state index in [1.807, 2.05) is 29.2 Å². The van der Waals surface area contributed by atoms with Gasteiger partial charge in [0.1, 0.15) is 18.0 Å². The Morgan fingerprint density at radius 2 is 1.88 bits per heavy atom. The second kappa shape index (κ2) is 7.13. The van der Waals surface area contributed by atoms with Crippen LogP contribution in [0.3, 0.4) is 0 Å². The molecule has 1 aliphatic carbocycles. The van der Waals surface area contributed by atoms with E-state index in [0.29, 0.717) is 35.5 Å². The van der Waals surface area contributed by atoms with E-state index in [-0.39, 0.29) is 19.3 Å². The highest BCUT2D eigenvalue weighted by Gasteiger charge is 2.62. The number of para-hydroxylation sites is 1. The number of benzene rings is 2. The van der Waals surface area contributed by atoms with E-state index in [1.54, 1.807) is 6.07 Å². The number of aromatic nitrogens is 4. The molecule has 0 unspecified atom stereocenters. The first kappa shape index (κ1) is 20.4. The van der Waals surface area contributed by atoms with E-state index in [0.717, 1.165) is 29.7 Å². The fourth-order valence-corrected chi connectivity index (χ4v) is 5.12. The van der Waals surface area contributed by atoms with Gasteiger partial charge in [-0.3, -0.25) is 4.40 Å². The van der Waals surface area contributed by atoms with Crippen molar-refractivity contribution in [2.75, 3.05) is 11.4 Å². The number of fused-ring (bicyclic) bond motifs is 4. The van der Waals surface area contributed by atoms with E-state index in [4.69, 9.17) is 0 Å². The Morgan fingerprint density at radius 1 is 1.06 bits per heavy atom. The molecule has 0 atom stereocenters. The molecule has 2 aromatic carbocycles. The first-order valence-corrected chi connectivity index (χ1v) is 11.1. The maximum Gasteiger partial charge on any atom is 0.394 e. The minimum Gasteiger partial charge on any atom is -0.325 e. The molecule has 0 amide bonds. The number of aryl methyl sites for hydroxylation is 1. The predicted molar refractivity (Wildman–Crippen MR) is 116 cm³/mol. The van der Waals surface area contributed by atoms with Gasteiger partial charge in [0, 0.05) is 17.6 Å². The molecule has 2 aromatic heterocycles. The van der Waals surface area contributed by atoms with Gasteiger partial charge in [0.15, 0.2) is 0 Å². The van der Waals surface area contributed by atoms with Gasteiger partial charge in [-0.25, -0.2) is 4.39 Å². The monoisotopic (exact) mass is 455 g/mol. The van der Waals surface area contributed by atoms with Crippen molar-refractivity contribution in [3.8, 4) is 0 Å². The van der Waals surface area contributed by atoms with Gasteiger partial charge in [0.05, 0.1) is 10.9 Å². The van der Waals surface area contributed by atoms with Crippen molar-refractivity contribution in [2.45, 2.75) is 44.7 Å². The molecule has 1 saturated carbocycles. The molecule has 5 nitrogen and oxygen atoms in total. The van der Waals surface area contributed by atoms with E-state index in [1.165, 1.54) is 16.8 Å². The molecule has 170 valence electrons. The molecule has 1 fully saturated rings. The Labute approximate surface area is 187 Å². The van der Waals surface area contributed by atoms with Gasteiger partial charge in [-0.05, 0) is 67.9 Å². The van der Waals surface area contributed by atoms with Crippen LogP contribution in [0.4, 0.5) is 29.1 Å². The summed E-state index contributed by atoms with van der Waals surface area (Å²) < 4.78 is 56.7. The zero-order valence-corrected chi connectivity index (χ0v) is 17.7. The molecule has 2 aliphatic rings. The van der Waals surface area contributed by atoms with Gasteiger partial charge in [0.2, 0.25) is 0 Å². The number of anilines is 2. The minimum atomic E-state index is -4.14. The number of nitrogens with zero attached hydrogens (tertiary/aromatic N) is 5. The summed E-state index contributed by atoms with van der Waals surface area (Å²) in [5.41, 5.74) is 1.75. The Kier molecular flexibility index (Phi) is 4.41. The smallest absolute Gasteiger partial charge is 0.325 e. The number of rotatable bonds is 4. The SMILES string of the molecule is Fc1cccc2c(N3CCCc4c(CCC5(C(F)(F)F)CC5)cccc43)nc3nncn3c12. The fraction of sp³-hybridized carbons (Fsp3) is 0.375. The Bertz CT molecular complexity index is 1370. The van der Waals surface area contributed by atoms with Crippen LogP contribution in [0.25, 0.3) is 16.7 Å². The summed E-state index contributed by atoms with van der Waals surface area (Å²) in [6.07, 6.45) is -0.142. The molecule has 3 heterocycles. The lowest BCUT2D eigenvalue weighted by molar-refractivity contribution is -0.188. The van der Waals surface area contributed by atoms with Crippen LogP contribution in [-0.2, 0) is 12.8 Å². The number of hydrogen-bond acceptors (Lipinski definition) is 4. The van der Waals surface area contributed by atoms with Crippen LogP contribution in [-0.4, -0.2) is 32.3 Å². The van der Waals surface area contributed by atoms with Crippen LogP contribution >= 0.6 is 0 Å². The Hall–Kier alpha value is -3.23. The zero-order chi connectivity index (χ0) is 22.8. The van der Waals surface area contributed by atoms with Crippen LogP contribution in [0.1, 0.15) is 36.8 Å². The molecule has 6 rings (SSSR count). The van der Waals surface area contributed by atoms with E-state index in [2.05, 4.69) is 15.2 Å². The molecule has 0 N–H and O–H groups in total. The van der Waals surface area contributed by atoms with Crippen LogP contribution in [0.2, 0.25) is 0 Å². The predicted octanol–water partition coefficient (Wildman–Crippen LogP) is 5.78. The van der Waals surface area contributed by atoms with Crippen molar-refractivity contribution >= 4 is 28.2 Å². The molecule has 0 radical (unpaired) electrons. The van der Waals surface area contributed by atoms with Crippen LogP contribution < -0.4 is 4.90 Å². The van der Waals surface area contributed by atoms with Crippen molar-refractivity contribution in [2.24, 2.45) is 5.41 Å². The summed E-state index contributed by atoms with van der Waals surface area (Å²) in [6.45, 7) is 0.672. The van der Waals surface area contributed by atoms with Gasteiger partial charge < -0.3 is 4.90 Å². The van der Waals surface area contributed by atoms with Crippen molar-refractivity contribution in [1.29, 1.82) is 0 Å². The van der Waals surface area contributed by atoms with E-state index >= 15 is 0 Å². The highest BCUT2D eigenvalue weighted by Crippen LogP contribution is 2.60. The fourth-order valence-electron chi connectivity index (χ4n) is 5.12. The lowest BCUT2D eigenvalue weighted by atomic mass is 9.90. The number of halogens is 4. The average molecular weight is 455 g/mol. The van der Waals surface area contributed by atoms with Crippen molar-refractivity contribution in [3.63, 3.8) is 0 Å². The lowest BCUT2D eigenvalue weighted by Crippen LogP contribution is -2.27. The van der Waals surface area contributed by atoms with Crippen molar-refractivity contribution in [3.05, 3.63) is 59.7 Å². The zero-order valence-electron chi connectivity index (χ0n) is 17.7. The summed E-state index contributed by atoms with van der Waals surface area (Å²) >= 11 is 0. The van der Waals surface area contributed by atoms with Crippen LogP contribution in [0.5, 0.6) is 0 Å². The quantitative estimate of drug-likeness (QED) is 0.366. The summed E-state index contributed by atoms with van der Waals surface area (Å²) in [7, 11) is 0. The van der Waals surface area contributed by atoms with Gasteiger partial charge in [0.25, 0.3) is 5.78 Å². The highest BCUT2D eigenvalue weighted by atomic mass is 19.4. The lowest BCUT2D eigenvalue weighted by Gasteiger charge is -2.33. The summed E-state index contributed by atoms with van der Waals surface area (Å²) in [6, 6.07) is 10.6. The Morgan fingerprint density at radius 3 is 2.67 bits per heavy atom. The van der Waals surface area contributed by atoms with Gasteiger partial charge in [-0.1, -0.05) is 18.2 Å². The third kappa shape index (κ3) is 3.16. The molecule has 9 heteroatoms. The van der Waals surface area contributed by atoms with Crippen LogP contribution in [0, 0.1) is 11.2 Å². The van der Waals surface area contributed by atoms with Gasteiger partial charge in [-0.2, -0.15) is 18.2 Å². The topological polar surface area (TPSA) is 46.3 Å². The van der Waals surface area contributed by atoms with Crippen molar-refractivity contribution in [1.82, 2.24) is 19.6 Å². The largest absolute Gasteiger partial charge is 0.394 e. The second-order valence-electron chi connectivity index (χ2n) is 9.02. The number of hydrogen-bond donors (Lipinski definition) is 0. The van der Waals surface area contributed by atoms with Crippen molar-refractivity contribution < 1.29 is 17.6 Å².